The van der Waals surface area contributed by atoms with Crippen LogP contribution in [-0.2, 0) is 0 Å². The van der Waals surface area contributed by atoms with Gasteiger partial charge in [-0.1, -0.05) is 6.92 Å². The molecule has 1 aromatic carbocycles. The minimum Gasteiger partial charge on any atom is -0.461 e. The zero-order valence-corrected chi connectivity index (χ0v) is 9.79. The highest BCUT2D eigenvalue weighted by atomic mass is 19.1. The molecule has 1 heterocycles. The van der Waals surface area contributed by atoms with E-state index >= 15 is 0 Å². The van der Waals surface area contributed by atoms with Crippen LogP contribution in [0.15, 0.2) is 28.9 Å². The van der Waals surface area contributed by atoms with Gasteiger partial charge in [-0.05, 0) is 31.7 Å². The van der Waals surface area contributed by atoms with Crippen LogP contribution >= 0.6 is 0 Å². The molecule has 0 fully saturated rings. The summed E-state index contributed by atoms with van der Waals surface area (Å²) in [5.74, 6) is -0.617. The predicted octanol–water partition coefficient (Wildman–Crippen LogP) is 2.75. The molecule has 4 heteroatoms. The molecule has 0 aliphatic carbocycles. The molecule has 0 aliphatic rings. The Labute approximate surface area is 98.6 Å². The largest absolute Gasteiger partial charge is 0.461 e. The van der Waals surface area contributed by atoms with E-state index in [1.165, 1.54) is 12.3 Å². The summed E-state index contributed by atoms with van der Waals surface area (Å²) in [4.78, 5) is 12.0. The van der Waals surface area contributed by atoms with E-state index in [-0.39, 0.29) is 17.4 Å². The lowest BCUT2D eigenvalue weighted by molar-refractivity contribution is 0.0951. The maximum atomic E-state index is 13.6. The lowest BCUT2D eigenvalue weighted by Crippen LogP contribution is -2.33. The van der Waals surface area contributed by atoms with Crippen LogP contribution in [0.25, 0.3) is 11.0 Å². The highest BCUT2D eigenvalue weighted by Gasteiger charge is 2.17. The molecule has 0 radical (unpaired) electrons. The first-order valence-electron chi connectivity index (χ1n) is 5.58. The number of hydrogen-bond acceptors (Lipinski definition) is 3. The number of ketones is 1. The standard InChI is InChI=1S/C13H14FNO2/c1-3-15-8(2)12(16)10-6-9-4-5-17-13(9)11(14)7-10/h4-8,15H,3H2,1-2H3. The average molecular weight is 235 g/mol. The summed E-state index contributed by atoms with van der Waals surface area (Å²) in [6.45, 7) is 4.39. The van der Waals surface area contributed by atoms with Crippen molar-refractivity contribution in [2.24, 2.45) is 0 Å². The van der Waals surface area contributed by atoms with Crippen LogP contribution in [0.5, 0.6) is 0 Å². The molecule has 0 aliphatic heterocycles. The zero-order valence-electron chi connectivity index (χ0n) is 9.79. The summed E-state index contributed by atoms with van der Waals surface area (Å²) in [6, 6.07) is 4.21. The third-order valence-corrected chi connectivity index (χ3v) is 2.69. The molecule has 1 N–H and O–H groups in total. The second kappa shape index (κ2) is 4.67. The molecule has 2 aromatic rings. The first-order valence-corrected chi connectivity index (χ1v) is 5.58. The van der Waals surface area contributed by atoms with Gasteiger partial charge in [0.1, 0.15) is 0 Å². The quantitative estimate of drug-likeness (QED) is 0.828. The minimum absolute atomic E-state index is 0.117. The fourth-order valence-electron chi connectivity index (χ4n) is 1.83. The van der Waals surface area contributed by atoms with Crippen LogP contribution in [0.2, 0.25) is 0 Å². The van der Waals surface area contributed by atoms with Crippen LogP contribution in [0, 0.1) is 5.82 Å². The average Bonchev–Trinajstić information content (AvgIpc) is 2.77. The van der Waals surface area contributed by atoms with Gasteiger partial charge in [-0.15, -0.1) is 0 Å². The van der Waals surface area contributed by atoms with Gasteiger partial charge in [-0.25, -0.2) is 4.39 Å². The molecule has 0 saturated carbocycles. The highest BCUT2D eigenvalue weighted by molar-refractivity contribution is 6.02. The molecule has 3 nitrogen and oxygen atoms in total. The highest BCUT2D eigenvalue weighted by Crippen LogP contribution is 2.21. The molecule has 1 unspecified atom stereocenters. The van der Waals surface area contributed by atoms with Crippen LogP contribution in [0.4, 0.5) is 4.39 Å². The summed E-state index contributed by atoms with van der Waals surface area (Å²) >= 11 is 0. The lowest BCUT2D eigenvalue weighted by atomic mass is 10.0. The van der Waals surface area contributed by atoms with Crippen LogP contribution < -0.4 is 5.32 Å². The number of likely N-dealkylation sites (N-methyl/N-ethyl adjacent to an activating group) is 1. The van der Waals surface area contributed by atoms with E-state index < -0.39 is 5.82 Å². The van der Waals surface area contributed by atoms with Gasteiger partial charge in [0.25, 0.3) is 0 Å². The Morgan fingerprint density at radius 1 is 1.53 bits per heavy atom. The van der Waals surface area contributed by atoms with E-state index in [1.807, 2.05) is 6.92 Å². The van der Waals surface area contributed by atoms with E-state index in [0.717, 1.165) is 0 Å². The molecule has 0 amide bonds. The minimum atomic E-state index is -0.500. The fraction of sp³-hybridized carbons (Fsp3) is 0.308. The molecule has 1 atom stereocenters. The number of benzene rings is 1. The molecular formula is C13H14FNO2. The van der Waals surface area contributed by atoms with E-state index in [2.05, 4.69) is 5.32 Å². The third kappa shape index (κ3) is 2.22. The second-order valence-corrected chi connectivity index (χ2v) is 3.94. The molecule has 90 valence electrons. The number of rotatable bonds is 4. The number of carbonyl (C=O) groups excluding carboxylic acids is 1. The first kappa shape index (κ1) is 11.8. The van der Waals surface area contributed by atoms with Gasteiger partial charge in [0.2, 0.25) is 0 Å². The SMILES string of the molecule is CCNC(C)C(=O)c1cc(F)c2occc2c1. The normalized spacial score (nSPS) is 12.9. The van der Waals surface area contributed by atoms with Gasteiger partial charge >= 0.3 is 0 Å². The molecule has 0 bridgehead atoms. The Morgan fingerprint density at radius 3 is 3.00 bits per heavy atom. The van der Waals surface area contributed by atoms with Gasteiger partial charge in [-0.2, -0.15) is 0 Å². The Balaban J connectivity index is 2.38. The van der Waals surface area contributed by atoms with Crippen molar-refractivity contribution >= 4 is 16.8 Å². The summed E-state index contributed by atoms with van der Waals surface area (Å²) in [7, 11) is 0. The number of hydrogen-bond donors (Lipinski definition) is 1. The number of halogens is 1. The Kier molecular flexibility index (Phi) is 3.24. The Hall–Kier alpha value is -1.68. The number of furan rings is 1. The van der Waals surface area contributed by atoms with E-state index in [1.54, 1.807) is 19.1 Å². The van der Waals surface area contributed by atoms with Crippen molar-refractivity contribution in [3.8, 4) is 0 Å². The second-order valence-electron chi connectivity index (χ2n) is 3.94. The van der Waals surface area contributed by atoms with Crippen molar-refractivity contribution in [1.29, 1.82) is 0 Å². The first-order chi connectivity index (χ1) is 8.13. The number of nitrogens with one attached hydrogen (secondary N) is 1. The maximum absolute atomic E-state index is 13.6. The van der Waals surface area contributed by atoms with Crippen LogP contribution in [0.3, 0.4) is 0 Å². The molecule has 0 saturated heterocycles. The van der Waals surface area contributed by atoms with Crippen molar-refractivity contribution in [3.63, 3.8) is 0 Å². The van der Waals surface area contributed by atoms with Gasteiger partial charge in [0, 0.05) is 10.9 Å². The summed E-state index contributed by atoms with van der Waals surface area (Å²) in [6.07, 6.45) is 1.41. The molecule has 1 aromatic heterocycles. The monoisotopic (exact) mass is 235 g/mol. The van der Waals surface area contributed by atoms with E-state index in [9.17, 15) is 9.18 Å². The van der Waals surface area contributed by atoms with Crippen molar-refractivity contribution < 1.29 is 13.6 Å². The van der Waals surface area contributed by atoms with Crippen LogP contribution in [-0.4, -0.2) is 18.4 Å². The topological polar surface area (TPSA) is 42.2 Å². The summed E-state index contributed by atoms with van der Waals surface area (Å²) < 4.78 is 18.6. The van der Waals surface area contributed by atoms with E-state index in [4.69, 9.17) is 4.42 Å². The molecule has 17 heavy (non-hydrogen) atoms. The Bertz CT molecular complexity index is 547. The Morgan fingerprint density at radius 2 is 2.29 bits per heavy atom. The van der Waals surface area contributed by atoms with Crippen LogP contribution in [0.1, 0.15) is 24.2 Å². The van der Waals surface area contributed by atoms with Crippen molar-refractivity contribution in [2.75, 3.05) is 6.54 Å². The zero-order chi connectivity index (χ0) is 12.4. The van der Waals surface area contributed by atoms with Gasteiger partial charge in [-0.3, -0.25) is 4.79 Å². The van der Waals surface area contributed by atoms with Crippen molar-refractivity contribution in [3.05, 3.63) is 35.8 Å². The smallest absolute Gasteiger partial charge is 0.179 e. The summed E-state index contributed by atoms with van der Waals surface area (Å²) in [5, 5.41) is 3.62. The van der Waals surface area contributed by atoms with Crippen molar-refractivity contribution in [1.82, 2.24) is 5.32 Å². The fourth-order valence-corrected chi connectivity index (χ4v) is 1.83. The molecular weight excluding hydrogens is 221 g/mol. The predicted molar refractivity (Wildman–Crippen MR) is 63.6 cm³/mol. The van der Waals surface area contributed by atoms with Gasteiger partial charge < -0.3 is 9.73 Å². The summed E-state index contributed by atoms with van der Waals surface area (Å²) in [5.41, 5.74) is 0.558. The number of fused-ring (bicyclic) bond motifs is 1. The third-order valence-electron chi connectivity index (χ3n) is 2.69. The molecule has 0 spiro atoms. The van der Waals surface area contributed by atoms with Gasteiger partial charge in [0.15, 0.2) is 17.2 Å². The molecule has 2 rings (SSSR count). The van der Waals surface area contributed by atoms with Gasteiger partial charge in [0.05, 0.1) is 12.3 Å². The van der Waals surface area contributed by atoms with Crippen molar-refractivity contribution in [2.45, 2.75) is 19.9 Å². The number of Topliss-reactive ketones (excluding diaryl/α,β-unsaturated/α-hetero) is 1. The maximum Gasteiger partial charge on any atom is 0.179 e. The number of carbonyl (C=O) groups is 1. The lowest BCUT2D eigenvalue weighted by Gasteiger charge is -2.11. The van der Waals surface area contributed by atoms with E-state index in [0.29, 0.717) is 17.5 Å².